The number of halogens is 1. The lowest BCUT2D eigenvalue weighted by Crippen LogP contribution is -2.36. The van der Waals surface area contributed by atoms with E-state index in [0.717, 1.165) is 5.56 Å². The molecule has 0 amide bonds. The van der Waals surface area contributed by atoms with Gasteiger partial charge in [-0.1, -0.05) is 17.3 Å². The van der Waals surface area contributed by atoms with E-state index >= 15 is 0 Å². The van der Waals surface area contributed by atoms with E-state index in [1.54, 1.807) is 6.07 Å². The first-order valence-electron chi connectivity index (χ1n) is 5.05. The van der Waals surface area contributed by atoms with Crippen LogP contribution >= 0.6 is 0 Å². The Bertz CT molecular complexity index is 526. The molecule has 1 unspecified atom stereocenters. The highest BCUT2D eigenvalue weighted by Gasteiger charge is 2.41. The summed E-state index contributed by atoms with van der Waals surface area (Å²) in [6.45, 7) is 0. The molecular formula is C11H10FN3O. The number of benzene rings is 1. The van der Waals surface area contributed by atoms with Gasteiger partial charge in [0.15, 0.2) is 5.82 Å². The maximum Gasteiger partial charge on any atom is 0.213 e. The summed E-state index contributed by atoms with van der Waals surface area (Å²) in [5, 5.41) is 3.76. The minimum absolute atomic E-state index is 0.215. The van der Waals surface area contributed by atoms with Crippen molar-refractivity contribution in [3.8, 4) is 0 Å². The summed E-state index contributed by atoms with van der Waals surface area (Å²) in [6.07, 6.45) is 2.44. The summed E-state index contributed by atoms with van der Waals surface area (Å²) < 4.78 is 18.3. The zero-order chi connectivity index (χ0) is 11.2. The van der Waals surface area contributed by atoms with E-state index in [4.69, 9.17) is 10.3 Å². The minimum atomic E-state index is -0.815. The average Bonchev–Trinajstić information content (AvgIpc) is 2.88. The molecule has 2 N–H and O–H groups in total. The third kappa shape index (κ3) is 1.12. The number of nitrogens with zero attached hydrogens (tertiary/aromatic N) is 2. The Balaban J connectivity index is 2.19. The molecule has 0 aliphatic heterocycles. The van der Waals surface area contributed by atoms with E-state index in [9.17, 15) is 4.39 Å². The summed E-state index contributed by atoms with van der Waals surface area (Å²) >= 11 is 0. The summed E-state index contributed by atoms with van der Waals surface area (Å²) in [6, 6.07) is 4.92. The third-order valence-electron chi connectivity index (χ3n) is 3.13. The minimum Gasteiger partial charge on any atom is -0.343 e. The van der Waals surface area contributed by atoms with Crippen LogP contribution in [0.5, 0.6) is 0 Å². The van der Waals surface area contributed by atoms with Crippen LogP contribution in [0.15, 0.2) is 29.1 Å². The van der Waals surface area contributed by atoms with Gasteiger partial charge in [-0.25, -0.2) is 4.39 Å². The van der Waals surface area contributed by atoms with Crippen molar-refractivity contribution < 1.29 is 8.91 Å². The molecule has 82 valence electrons. The Morgan fingerprint density at radius 2 is 2.31 bits per heavy atom. The fraction of sp³-hybridized carbons (Fsp3) is 0.273. The standard InChI is InChI=1S/C11H10FN3O/c12-9-3-1-2-8-7(9)4-5-11(8,13)10-14-6-16-15-10/h1-3,6H,4-5,13H2. The highest BCUT2D eigenvalue weighted by atomic mass is 19.1. The van der Waals surface area contributed by atoms with Gasteiger partial charge in [0.1, 0.15) is 11.4 Å². The van der Waals surface area contributed by atoms with Crippen LogP contribution in [0, 0.1) is 5.82 Å². The lowest BCUT2D eigenvalue weighted by molar-refractivity contribution is 0.387. The smallest absolute Gasteiger partial charge is 0.213 e. The van der Waals surface area contributed by atoms with Gasteiger partial charge >= 0.3 is 0 Å². The van der Waals surface area contributed by atoms with E-state index in [0.29, 0.717) is 24.2 Å². The SMILES string of the molecule is NC1(c2ncon2)CCc2c(F)cccc21. The number of rotatable bonds is 1. The molecule has 0 saturated heterocycles. The molecule has 1 aliphatic rings. The van der Waals surface area contributed by atoms with Gasteiger partial charge in [-0.05, 0) is 30.0 Å². The van der Waals surface area contributed by atoms with Gasteiger partial charge in [0.25, 0.3) is 0 Å². The van der Waals surface area contributed by atoms with Crippen molar-refractivity contribution in [2.75, 3.05) is 0 Å². The molecule has 2 aromatic rings. The van der Waals surface area contributed by atoms with Crippen LogP contribution in [0.1, 0.15) is 23.4 Å². The second-order valence-corrected chi connectivity index (χ2v) is 3.99. The van der Waals surface area contributed by atoms with Crippen LogP contribution in [-0.2, 0) is 12.0 Å². The van der Waals surface area contributed by atoms with Gasteiger partial charge in [0.05, 0.1) is 0 Å². The second-order valence-electron chi connectivity index (χ2n) is 3.99. The Labute approximate surface area is 91.3 Å². The van der Waals surface area contributed by atoms with Gasteiger partial charge in [-0.2, -0.15) is 4.98 Å². The first kappa shape index (κ1) is 9.47. The van der Waals surface area contributed by atoms with Crippen LogP contribution in [0.2, 0.25) is 0 Å². The predicted molar refractivity (Wildman–Crippen MR) is 54.0 cm³/mol. The number of hydrogen-bond acceptors (Lipinski definition) is 4. The highest BCUT2D eigenvalue weighted by Crippen LogP contribution is 2.39. The predicted octanol–water partition coefficient (Wildman–Crippen LogP) is 1.36. The Morgan fingerprint density at radius 3 is 3.06 bits per heavy atom. The maximum atomic E-state index is 13.6. The molecule has 1 atom stereocenters. The molecule has 1 aromatic carbocycles. The summed E-state index contributed by atoms with van der Waals surface area (Å²) in [5.41, 5.74) is 6.86. The summed E-state index contributed by atoms with van der Waals surface area (Å²) in [4.78, 5) is 3.97. The Hall–Kier alpha value is -1.75. The quantitative estimate of drug-likeness (QED) is 0.786. The molecule has 0 bridgehead atoms. The van der Waals surface area contributed by atoms with E-state index in [1.807, 2.05) is 6.07 Å². The van der Waals surface area contributed by atoms with Crippen LogP contribution in [0.4, 0.5) is 4.39 Å². The molecule has 3 rings (SSSR count). The van der Waals surface area contributed by atoms with Gasteiger partial charge < -0.3 is 10.3 Å². The molecule has 0 fully saturated rings. The molecule has 1 aromatic heterocycles. The number of fused-ring (bicyclic) bond motifs is 1. The van der Waals surface area contributed by atoms with Crippen molar-refractivity contribution in [1.82, 2.24) is 10.1 Å². The van der Waals surface area contributed by atoms with Crippen LogP contribution in [0.25, 0.3) is 0 Å². The van der Waals surface area contributed by atoms with E-state index in [2.05, 4.69) is 10.1 Å². The third-order valence-corrected chi connectivity index (χ3v) is 3.13. The van der Waals surface area contributed by atoms with Crippen LogP contribution < -0.4 is 5.73 Å². The lowest BCUT2D eigenvalue weighted by atomic mass is 9.92. The van der Waals surface area contributed by atoms with Crippen LogP contribution in [0.3, 0.4) is 0 Å². The maximum absolute atomic E-state index is 13.6. The molecular weight excluding hydrogens is 209 g/mol. The highest BCUT2D eigenvalue weighted by molar-refractivity contribution is 5.43. The van der Waals surface area contributed by atoms with Crippen LogP contribution in [-0.4, -0.2) is 10.1 Å². The fourth-order valence-corrected chi connectivity index (χ4v) is 2.29. The van der Waals surface area contributed by atoms with Crippen molar-refractivity contribution in [2.45, 2.75) is 18.4 Å². The van der Waals surface area contributed by atoms with Crippen molar-refractivity contribution in [3.63, 3.8) is 0 Å². The second kappa shape index (κ2) is 3.12. The topological polar surface area (TPSA) is 64.9 Å². The summed E-state index contributed by atoms with van der Waals surface area (Å²) in [7, 11) is 0. The average molecular weight is 219 g/mol. The Kier molecular flexibility index (Phi) is 1.85. The molecule has 1 aliphatic carbocycles. The van der Waals surface area contributed by atoms with Crippen molar-refractivity contribution in [1.29, 1.82) is 0 Å². The molecule has 5 heteroatoms. The van der Waals surface area contributed by atoms with Crippen molar-refractivity contribution >= 4 is 0 Å². The number of hydrogen-bond donors (Lipinski definition) is 1. The lowest BCUT2D eigenvalue weighted by Gasteiger charge is -2.20. The number of nitrogens with two attached hydrogens (primary N) is 1. The van der Waals surface area contributed by atoms with E-state index < -0.39 is 5.54 Å². The first-order chi connectivity index (χ1) is 7.72. The van der Waals surface area contributed by atoms with Gasteiger partial charge in [-0.3, -0.25) is 0 Å². The normalized spacial score (nSPS) is 23.4. The molecule has 1 heterocycles. The molecule has 0 radical (unpaired) electrons. The van der Waals surface area contributed by atoms with E-state index in [-0.39, 0.29) is 5.82 Å². The molecule has 0 saturated carbocycles. The van der Waals surface area contributed by atoms with Crippen molar-refractivity contribution in [2.24, 2.45) is 5.73 Å². The van der Waals surface area contributed by atoms with Gasteiger partial charge in [-0.15, -0.1) is 0 Å². The first-order valence-corrected chi connectivity index (χ1v) is 5.05. The largest absolute Gasteiger partial charge is 0.343 e. The summed E-state index contributed by atoms with van der Waals surface area (Å²) in [5.74, 6) is 0.199. The Morgan fingerprint density at radius 1 is 1.44 bits per heavy atom. The number of aromatic nitrogens is 2. The fourth-order valence-electron chi connectivity index (χ4n) is 2.29. The zero-order valence-electron chi connectivity index (χ0n) is 8.48. The van der Waals surface area contributed by atoms with Gasteiger partial charge in [0, 0.05) is 0 Å². The monoisotopic (exact) mass is 219 g/mol. The van der Waals surface area contributed by atoms with Gasteiger partial charge in [0.2, 0.25) is 6.39 Å². The van der Waals surface area contributed by atoms with E-state index in [1.165, 1.54) is 12.5 Å². The van der Waals surface area contributed by atoms with Crippen molar-refractivity contribution in [3.05, 3.63) is 47.4 Å². The molecule has 16 heavy (non-hydrogen) atoms. The molecule has 0 spiro atoms. The molecule has 4 nitrogen and oxygen atoms in total. The zero-order valence-corrected chi connectivity index (χ0v) is 8.48.